The summed E-state index contributed by atoms with van der Waals surface area (Å²) in [6, 6.07) is 7.31. The van der Waals surface area contributed by atoms with Crippen LogP contribution in [-0.2, 0) is 9.63 Å². The van der Waals surface area contributed by atoms with Crippen molar-refractivity contribution in [2.24, 2.45) is 5.16 Å². The molecule has 0 radical (unpaired) electrons. The molecule has 0 aliphatic heterocycles. The molecule has 1 rings (SSSR count). The molecule has 0 fully saturated rings. The van der Waals surface area contributed by atoms with Crippen LogP contribution in [-0.4, -0.2) is 24.8 Å². The zero-order valence-electron chi connectivity index (χ0n) is 11.7. The van der Waals surface area contributed by atoms with Crippen LogP contribution in [0.2, 0.25) is 0 Å². The number of amides is 2. The molecule has 0 heterocycles. The Morgan fingerprint density at radius 3 is 2.65 bits per heavy atom. The SMILES string of the molecule is CCCCNC(=O)O/N=C/C(=O)Nc1ccc(C)cc1. The number of aryl methyl sites for hydroxylation is 1. The van der Waals surface area contributed by atoms with E-state index in [1.54, 1.807) is 12.1 Å². The maximum atomic E-state index is 11.5. The number of hydrogen-bond acceptors (Lipinski definition) is 4. The Morgan fingerprint density at radius 2 is 2.00 bits per heavy atom. The molecule has 0 aliphatic rings. The standard InChI is InChI=1S/C14H19N3O3/c1-3-4-9-15-14(19)20-16-10-13(18)17-12-7-5-11(2)6-8-12/h5-8,10H,3-4,9H2,1-2H3,(H,15,19)(H,17,18)/b16-10+. The van der Waals surface area contributed by atoms with Gasteiger partial charge >= 0.3 is 6.09 Å². The number of oxime groups is 1. The molecule has 0 bridgehead atoms. The number of anilines is 1. The van der Waals surface area contributed by atoms with Gasteiger partial charge in [0.1, 0.15) is 6.21 Å². The Hall–Kier alpha value is -2.37. The third-order valence-electron chi connectivity index (χ3n) is 2.42. The minimum atomic E-state index is -0.669. The van der Waals surface area contributed by atoms with E-state index in [1.165, 1.54) is 0 Å². The van der Waals surface area contributed by atoms with Gasteiger partial charge < -0.3 is 10.6 Å². The molecule has 1 aromatic carbocycles. The Kier molecular flexibility index (Phi) is 6.81. The van der Waals surface area contributed by atoms with Crippen molar-refractivity contribution in [1.82, 2.24) is 5.32 Å². The van der Waals surface area contributed by atoms with Gasteiger partial charge in [0.25, 0.3) is 5.91 Å². The predicted molar refractivity (Wildman–Crippen MR) is 77.7 cm³/mol. The van der Waals surface area contributed by atoms with Gasteiger partial charge in [-0.15, -0.1) is 0 Å². The molecule has 0 unspecified atom stereocenters. The van der Waals surface area contributed by atoms with E-state index in [-0.39, 0.29) is 0 Å². The third-order valence-corrected chi connectivity index (χ3v) is 2.42. The van der Waals surface area contributed by atoms with E-state index in [0.717, 1.165) is 24.6 Å². The minimum absolute atomic E-state index is 0.463. The van der Waals surface area contributed by atoms with Gasteiger partial charge in [0, 0.05) is 12.2 Å². The highest BCUT2D eigenvalue weighted by molar-refractivity contribution is 6.31. The van der Waals surface area contributed by atoms with Crippen LogP contribution in [0.3, 0.4) is 0 Å². The average molecular weight is 277 g/mol. The summed E-state index contributed by atoms with van der Waals surface area (Å²) in [7, 11) is 0. The highest BCUT2D eigenvalue weighted by Crippen LogP contribution is 2.07. The van der Waals surface area contributed by atoms with Gasteiger partial charge in [-0.3, -0.25) is 9.63 Å². The number of hydrogen-bond donors (Lipinski definition) is 2. The lowest BCUT2D eigenvalue weighted by Gasteiger charge is -2.02. The summed E-state index contributed by atoms with van der Waals surface area (Å²) in [6.07, 6.45) is 2.09. The van der Waals surface area contributed by atoms with Crippen molar-refractivity contribution in [2.45, 2.75) is 26.7 Å². The van der Waals surface area contributed by atoms with Crippen LogP contribution in [0, 0.1) is 6.92 Å². The first-order valence-electron chi connectivity index (χ1n) is 6.47. The van der Waals surface area contributed by atoms with Crippen molar-refractivity contribution in [1.29, 1.82) is 0 Å². The second-order valence-corrected chi connectivity index (χ2v) is 4.25. The van der Waals surface area contributed by atoms with Gasteiger partial charge in [-0.1, -0.05) is 36.2 Å². The Balaban J connectivity index is 2.29. The largest absolute Gasteiger partial charge is 0.433 e. The molecule has 0 saturated heterocycles. The third kappa shape index (κ3) is 6.53. The summed E-state index contributed by atoms with van der Waals surface area (Å²) in [6.45, 7) is 4.50. The molecule has 0 atom stereocenters. The van der Waals surface area contributed by atoms with Gasteiger partial charge in [0.15, 0.2) is 0 Å². The van der Waals surface area contributed by atoms with Crippen molar-refractivity contribution >= 4 is 23.9 Å². The minimum Gasteiger partial charge on any atom is -0.321 e. The van der Waals surface area contributed by atoms with Crippen molar-refractivity contribution in [2.75, 3.05) is 11.9 Å². The van der Waals surface area contributed by atoms with Gasteiger partial charge in [-0.2, -0.15) is 0 Å². The molecule has 0 saturated carbocycles. The fraction of sp³-hybridized carbons (Fsp3) is 0.357. The molecule has 0 aromatic heterocycles. The number of rotatable bonds is 6. The van der Waals surface area contributed by atoms with E-state index >= 15 is 0 Å². The van der Waals surface area contributed by atoms with Crippen LogP contribution in [0.1, 0.15) is 25.3 Å². The van der Waals surface area contributed by atoms with Crippen molar-refractivity contribution in [3.05, 3.63) is 29.8 Å². The first kappa shape index (κ1) is 15.7. The molecule has 0 spiro atoms. The fourth-order valence-corrected chi connectivity index (χ4v) is 1.33. The number of carbonyl (C=O) groups is 2. The molecule has 108 valence electrons. The topological polar surface area (TPSA) is 79.8 Å². The number of unbranched alkanes of at least 4 members (excludes halogenated alkanes) is 1. The van der Waals surface area contributed by atoms with Crippen LogP contribution >= 0.6 is 0 Å². The van der Waals surface area contributed by atoms with E-state index < -0.39 is 12.0 Å². The zero-order valence-corrected chi connectivity index (χ0v) is 11.7. The molecule has 1 aromatic rings. The van der Waals surface area contributed by atoms with Crippen molar-refractivity contribution in [3.8, 4) is 0 Å². The molecule has 0 aliphatic carbocycles. The molecule has 6 nitrogen and oxygen atoms in total. The fourth-order valence-electron chi connectivity index (χ4n) is 1.33. The molecule has 20 heavy (non-hydrogen) atoms. The number of carbonyl (C=O) groups excluding carboxylic acids is 2. The monoisotopic (exact) mass is 277 g/mol. The smallest absolute Gasteiger partial charge is 0.321 e. The van der Waals surface area contributed by atoms with E-state index in [9.17, 15) is 9.59 Å². The van der Waals surface area contributed by atoms with Crippen LogP contribution in [0.15, 0.2) is 29.4 Å². The van der Waals surface area contributed by atoms with Crippen molar-refractivity contribution < 1.29 is 14.4 Å². The lowest BCUT2D eigenvalue weighted by Crippen LogP contribution is -2.24. The quantitative estimate of drug-likeness (QED) is 0.363. The van der Waals surface area contributed by atoms with E-state index in [1.807, 2.05) is 26.0 Å². The van der Waals surface area contributed by atoms with Crippen LogP contribution in [0.25, 0.3) is 0 Å². The lowest BCUT2D eigenvalue weighted by atomic mass is 10.2. The summed E-state index contributed by atoms with van der Waals surface area (Å²) < 4.78 is 0. The first-order chi connectivity index (χ1) is 9.61. The van der Waals surface area contributed by atoms with Gasteiger partial charge in [0.05, 0.1) is 0 Å². The summed E-state index contributed by atoms with van der Waals surface area (Å²) in [5.74, 6) is -0.463. The van der Waals surface area contributed by atoms with Crippen LogP contribution in [0.5, 0.6) is 0 Å². The predicted octanol–water partition coefficient (Wildman–Crippen LogP) is 2.45. The summed E-state index contributed by atoms with van der Waals surface area (Å²) in [5.41, 5.74) is 1.75. The van der Waals surface area contributed by atoms with Crippen molar-refractivity contribution in [3.63, 3.8) is 0 Å². The average Bonchev–Trinajstić information content (AvgIpc) is 2.42. The summed E-state index contributed by atoms with van der Waals surface area (Å²) in [4.78, 5) is 27.1. The van der Waals surface area contributed by atoms with E-state index in [0.29, 0.717) is 12.2 Å². The number of nitrogens with one attached hydrogen (secondary N) is 2. The normalized spacial score (nSPS) is 10.3. The number of nitrogens with zero attached hydrogens (tertiary/aromatic N) is 1. The Morgan fingerprint density at radius 1 is 1.30 bits per heavy atom. The molecule has 6 heteroatoms. The maximum Gasteiger partial charge on any atom is 0.433 e. The molecular formula is C14H19N3O3. The molecular weight excluding hydrogens is 258 g/mol. The second-order valence-electron chi connectivity index (χ2n) is 4.25. The Bertz CT molecular complexity index is 469. The lowest BCUT2D eigenvalue weighted by molar-refractivity contribution is -0.110. The van der Waals surface area contributed by atoms with Crippen LogP contribution in [0.4, 0.5) is 10.5 Å². The Labute approximate surface area is 118 Å². The van der Waals surface area contributed by atoms with Gasteiger partial charge in [0.2, 0.25) is 0 Å². The van der Waals surface area contributed by atoms with Crippen LogP contribution < -0.4 is 10.6 Å². The van der Waals surface area contributed by atoms with E-state index in [2.05, 4.69) is 20.6 Å². The summed E-state index contributed by atoms with van der Waals surface area (Å²) in [5, 5.41) is 8.42. The second kappa shape index (κ2) is 8.68. The molecule has 2 amide bonds. The zero-order chi connectivity index (χ0) is 14.8. The summed E-state index contributed by atoms with van der Waals surface area (Å²) >= 11 is 0. The maximum absolute atomic E-state index is 11.5. The number of benzene rings is 1. The first-order valence-corrected chi connectivity index (χ1v) is 6.47. The van der Waals surface area contributed by atoms with E-state index in [4.69, 9.17) is 0 Å². The highest BCUT2D eigenvalue weighted by atomic mass is 16.7. The van der Waals surface area contributed by atoms with Gasteiger partial charge in [-0.05, 0) is 25.5 Å². The van der Waals surface area contributed by atoms with Gasteiger partial charge in [-0.25, -0.2) is 4.79 Å². The highest BCUT2D eigenvalue weighted by Gasteiger charge is 2.01. The molecule has 2 N–H and O–H groups in total.